The average molecular weight is 484 g/mol. The summed E-state index contributed by atoms with van der Waals surface area (Å²) in [5.74, 6) is 1.09. The van der Waals surface area contributed by atoms with Crippen LogP contribution < -0.4 is 10.6 Å². The Bertz CT molecular complexity index is 1170. The van der Waals surface area contributed by atoms with Crippen LogP contribution in [0.15, 0.2) is 18.3 Å². The van der Waals surface area contributed by atoms with Crippen LogP contribution >= 0.6 is 0 Å². The summed E-state index contributed by atoms with van der Waals surface area (Å²) in [7, 11) is -6.35. The molecule has 4 rings (SSSR count). The molecule has 2 fully saturated rings. The zero-order valence-electron chi connectivity index (χ0n) is 18.2. The molecular formula is C19H29N7O4S2. The minimum Gasteiger partial charge on any atom is -0.365 e. The first kappa shape index (κ1) is 23.1. The number of rotatable bonds is 6. The van der Waals surface area contributed by atoms with E-state index in [4.69, 9.17) is 0 Å². The summed E-state index contributed by atoms with van der Waals surface area (Å²) in [5.41, 5.74) is 1.37. The fraction of sp³-hybridized carbons (Fsp3) is 0.632. The number of aromatic nitrogens is 3. The van der Waals surface area contributed by atoms with Crippen LogP contribution in [-0.2, 0) is 20.0 Å². The fourth-order valence-electron chi connectivity index (χ4n) is 4.17. The standard InChI is InChI=1S/C19H29N7O4S2/c1-31(27,28)25-10-5-14(6-11-25)21-18-17-16(4-3-9-20-17)23-19(24-18)22-15-7-12-26(13-8-15)32(2,29)30/h3-4,9,14-15H,5-8,10-13H2,1-2H3,(H2,21,22,23,24). The monoisotopic (exact) mass is 483 g/mol. The molecule has 0 amide bonds. The molecule has 0 radical (unpaired) electrons. The van der Waals surface area contributed by atoms with Crippen molar-refractivity contribution in [1.29, 1.82) is 0 Å². The molecule has 0 spiro atoms. The van der Waals surface area contributed by atoms with Gasteiger partial charge in [-0.1, -0.05) is 0 Å². The van der Waals surface area contributed by atoms with E-state index in [-0.39, 0.29) is 12.1 Å². The Morgan fingerprint density at radius 1 is 0.844 bits per heavy atom. The van der Waals surface area contributed by atoms with Gasteiger partial charge in [0.1, 0.15) is 5.52 Å². The predicted molar refractivity (Wildman–Crippen MR) is 123 cm³/mol. The zero-order chi connectivity index (χ0) is 22.9. The van der Waals surface area contributed by atoms with E-state index >= 15 is 0 Å². The Morgan fingerprint density at radius 2 is 1.38 bits per heavy atom. The molecule has 2 aliphatic rings. The van der Waals surface area contributed by atoms with Gasteiger partial charge >= 0.3 is 0 Å². The summed E-state index contributed by atoms with van der Waals surface area (Å²) < 4.78 is 50.0. The Balaban J connectivity index is 1.48. The maximum Gasteiger partial charge on any atom is 0.225 e. The average Bonchev–Trinajstić information content (AvgIpc) is 2.73. The van der Waals surface area contributed by atoms with E-state index in [9.17, 15) is 16.8 Å². The van der Waals surface area contributed by atoms with Crippen molar-refractivity contribution in [3.8, 4) is 0 Å². The highest BCUT2D eigenvalue weighted by atomic mass is 32.2. The highest BCUT2D eigenvalue weighted by Gasteiger charge is 2.27. The summed E-state index contributed by atoms with van der Waals surface area (Å²) in [5, 5.41) is 6.79. The number of piperidine rings is 2. The van der Waals surface area contributed by atoms with Gasteiger partial charge in [0.15, 0.2) is 5.82 Å². The van der Waals surface area contributed by atoms with E-state index < -0.39 is 20.0 Å². The summed E-state index contributed by atoms with van der Waals surface area (Å²) >= 11 is 0. The van der Waals surface area contributed by atoms with Crippen LogP contribution in [0.3, 0.4) is 0 Å². The maximum absolute atomic E-state index is 11.8. The molecule has 2 saturated heterocycles. The summed E-state index contributed by atoms with van der Waals surface area (Å²) in [4.78, 5) is 13.7. The fourth-order valence-corrected chi connectivity index (χ4v) is 5.92. The topological polar surface area (TPSA) is 137 Å². The predicted octanol–water partition coefficient (Wildman–Crippen LogP) is 0.697. The van der Waals surface area contributed by atoms with Crippen molar-refractivity contribution in [2.75, 3.05) is 49.3 Å². The van der Waals surface area contributed by atoms with Gasteiger partial charge in [-0.3, -0.25) is 4.98 Å². The van der Waals surface area contributed by atoms with E-state index in [1.165, 1.54) is 21.1 Å². The van der Waals surface area contributed by atoms with Crippen LogP contribution in [0.5, 0.6) is 0 Å². The minimum absolute atomic E-state index is 0.0768. The van der Waals surface area contributed by atoms with E-state index in [0.29, 0.717) is 74.7 Å². The van der Waals surface area contributed by atoms with Crippen LogP contribution in [-0.4, -0.2) is 91.2 Å². The maximum atomic E-state index is 11.8. The number of sulfonamides is 2. The highest BCUT2D eigenvalue weighted by Crippen LogP contribution is 2.25. The van der Waals surface area contributed by atoms with Crippen LogP contribution in [0.4, 0.5) is 11.8 Å². The third-order valence-electron chi connectivity index (χ3n) is 5.97. The molecule has 2 aromatic rings. The molecule has 2 N–H and O–H groups in total. The number of hydrogen-bond donors (Lipinski definition) is 2. The van der Waals surface area contributed by atoms with Crippen molar-refractivity contribution < 1.29 is 16.8 Å². The number of fused-ring (bicyclic) bond motifs is 1. The van der Waals surface area contributed by atoms with E-state index in [1.54, 1.807) is 6.20 Å². The van der Waals surface area contributed by atoms with Crippen molar-refractivity contribution in [2.24, 2.45) is 0 Å². The first-order valence-corrected chi connectivity index (χ1v) is 14.4. The van der Waals surface area contributed by atoms with Crippen LogP contribution in [0.25, 0.3) is 11.0 Å². The van der Waals surface area contributed by atoms with Crippen molar-refractivity contribution in [2.45, 2.75) is 37.8 Å². The van der Waals surface area contributed by atoms with E-state index in [0.717, 1.165) is 0 Å². The number of nitrogens with one attached hydrogen (secondary N) is 2. The third kappa shape index (κ3) is 5.45. The van der Waals surface area contributed by atoms with Gasteiger partial charge in [-0.25, -0.2) is 30.4 Å². The molecule has 0 unspecified atom stereocenters. The molecule has 2 aromatic heterocycles. The number of pyridine rings is 1. The lowest BCUT2D eigenvalue weighted by Gasteiger charge is -2.31. The molecular weight excluding hydrogens is 454 g/mol. The molecule has 0 atom stereocenters. The van der Waals surface area contributed by atoms with Crippen molar-refractivity contribution >= 4 is 42.8 Å². The normalized spacial score (nSPS) is 20.4. The number of hydrogen-bond acceptors (Lipinski definition) is 9. The lowest BCUT2D eigenvalue weighted by molar-refractivity contribution is 0.331. The summed E-state index contributed by atoms with van der Waals surface area (Å²) in [6.45, 7) is 1.87. The largest absolute Gasteiger partial charge is 0.365 e. The van der Waals surface area contributed by atoms with E-state index in [2.05, 4.69) is 25.6 Å². The minimum atomic E-state index is -3.18. The lowest BCUT2D eigenvalue weighted by Crippen LogP contribution is -2.42. The third-order valence-corrected chi connectivity index (χ3v) is 8.58. The zero-order valence-corrected chi connectivity index (χ0v) is 19.9. The number of nitrogens with zero attached hydrogens (tertiary/aromatic N) is 5. The van der Waals surface area contributed by atoms with Gasteiger partial charge in [-0.2, -0.15) is 4.98 Å². The van der Waals surface area contributed by atoms with Gasteiger partial charge in [0.25, 0.3) is 0 Å². The van der Waals surface area contributed by atoms with Gasteiger partial charge in [0, 0.05) is 44.5 Å². The first-order chi connectivity index (χ1) is 15.1. The molecule has 11 nitrogen and oxygen atoms in total. The summed E-state index contributed by atoms with van der Waals surface area (Å²) in [6, 6.07) is 3.85. The van der Waals surface area contributed by atoms with Crippen molar-refractivity contribution in [3.63, 3.8) is 0 Å². The first-order valence-electron chi connectivity index (χ1n) is 10.7. The molecule has 0 aromatic carbocycles. The molecule has 0 bridgehead atoms. The quantitative estimate of drug-likeness (QED) is 0.608. The van der Waals surface area contributed by atoms with Gasteiger partial charge in [-0.05, 0) is 37.8 Å². The molecule has 2 aliphatic heterocycles. The molecule has 176 valence electrons. The molecule has 4 heterocycles. The van der Waals surface area contributed by atoms with Gasteiger partial charge < -0.3 is 10.6 Å². The van der Waals surface area contributed by atoms with Gasteiger partial charge in [-0.15, -0.1) is 0 Å². The second-order valence-electron chi connectivity index (χ2n) is 8.43. The van der Waals surface area contributed by atoms with Crippen LogP contribution in [0, 0.1) is 0 Å². The van der Waals surface area contributed by atoms with Gasteiger partial charge in [0.2, 0.25) is 26.0 Å². The van der Waals surface area contributed by atoms with Crippen LogP contribution in [0.2, 0.25) is 0 Å². The molecule has 0 aliphatic carbocycles. The Kier molecular flexibility index (Phi) is 6.52. The number of anilines is 2. The second-order valence-corrected chi connectivity index (χ2v) is 12.4. The Morgan fingerprint density at radius 3 is 1.91 bits per heavy atom. The van der Waals surface area contributed by atoms with E-state index in [1.807, 2.05) is 12.1 Å². The molecule has 0 saturated carbocycles. The van der Waals surface area contributed by atoms with Gasteiger partial charge in [0.05, 0.1) is 18.0 Å². The molecule has 13 heteroatoms. The Labute approximate surface area is 188 Å². The second kappa shape index (κ2) is 9.04. The van der Waals surface area contributed by atoms with Crippen LogP contribution in [0.1, 0.15) is 25.7 Å². The van der Waals surface area contributed by atoms with Crippen molar-refractivity contribution in [1.82, 2.24) is 23.6 Å². The summed E-state index contributed by atoms with van der Waals surface area (Å²) in [6.07, 6.45) is 6.87. The SMILES string of the molecule is CS(=O)(=O)N1CCC(Nc2nc(NC3CCN(S(C)(=O)=O)CC3)c3ncccc3n2)CC1. The smallest absolute Gasteiger partial charge is 0.225 e. The lowest BCUT2D eigenvalue weighted by atomic mass is 10.1. The Hall–Kier alpha value is -2.09. The molecule has 32 heavy (non-hydrogen) atoms. The van der Waals surface area contributed by atoms with Crippen molar-refractivity contribution in [3.05, 3.63) is 18.3 Å². The highest BCUT2D eigenvalue weighted by molar-refractivity contribution is 7.88.